The van der Waals surface area contributed by atoms with Crippen molar-refractivity contribution in [3.8, 4) is 11.1 Å². The van der Waals surface area contributed by atoms with Gasteiger partial charge in [-0.2, -0.15) is 0 Å². The molecule has 0 bridgehead atoms. The molecule has 0 saturated carbocycles. The van der Waals surface area contributed by atoms with E-state index in [1.54, 1.807) is 0 Å². The Morgan fingerprint density at radius 2 is 1.63 bits per heavy atom. The van der Waals surface area contributed by atoms with Crippen LogP contribution in [0.5, 0.6) is 0 Å². The summed E-state index contributed by atoms with van der Waals surface area (Å²) in [7, 11) is 0. The van der Waals surface area contributed by atoms with Gasteiger partial charge in [-0.05, 0) is 46.9 Å². The summed E-state index contributed by atoms with van der Waals surface area (Å²) in [6, 6.07) is 20.2. The van der Waals surface area contributed by atoms with Gasteiger partial charge in [0.05, 0.1) is 22.2 Å². The molecular weight excluding hydrogens is 468 g/mol. The number of fused-ring (bicyclic) bond motifs is 3. The highest BCUT2D eigenvalue weighted by Crippen LogP contribution is 2.44. The molecule has 35 heavy (non-hydrogen) atoms. The van der Waals surface area contributed by atoms with Crippen LogP contribution in [-0.2, 0) is 9.53 Å². The fourth-order valence-electron chi connectivity index (χ4n) is 4.27. The third-order valence-corrected chi connectivity index (χ3v) is 6.50. The fraction of sp³-hybridized carbons (Fsp3) is 0.222. The van der Waals surface area contributed by atoms with Crippen molar-refractivity contribution in [2.24, 2.45) is 5.92 Å². The first-order chi connectivity index (χ1) is 16.9. The predicted octanol–water partition coefficient (Wildman–Crippen LogP) is 5.54. The number of anilines is 1. The molecular formula is C27H25ClN2O5. The second-order valence-electron chi connectivity index (χ2n) is 8.30. The van der Waals surface area contributed by atoms with Crippen LogP contribution >= 0.6 is 11.6 Å². The molecule has 180 valence electrons. The molecule has 8 heteroatoms. The minimum absolute atomic E-state index is 0.00881. The molecule has 0 radical (unpaired) electrons. The maximum absolute atomic E-state index is 12.7. The third-order valence-electron chi connectivity index (χ3n) is 6.17. The van der Waals surface area contributed by atoms with E-state index in [0.717, 1.165) is 22.3 Å². The molecule has 1 unspecified atom stereocenters. The summed E-state index contributed by atoms with van der Waals surface area (Å²) in [6.45, 7) is 2.06. The van der Waals surface area contributed by atoms with Crippen LogP contribution in [0.3, 0.4) is 0 Å². The lowest BCUT2D eigenvalue weighted by atomic mass is 9.98. The Hall–Kier alpha value is -3.84. The second-order valence-corrected chi connectivity index (χ2v) is 8.71. The molecule has 4 rings (SSSR count). The van der Waals surface area contributed by atoms with E-state index in [0.29, 0.717) is 6.42 Å². The number of hydrogen-bond donors (Lipinski definition) is 3. The average molecular weight is 493 g/mol. The zero-order chi connectivity index (χ0) is 24.9. The lowest BCUT2D eigenvalue weighted by molar-refractivity contribution is -0.119. The predicted molar refractivity (Wildman–Crippen MR) is 134 cm³/mol. The second kappa shape index (κ2) is 10.6. The van der Waals surface area contributed by atoms with Crippen molar-refractivity contribution < 1.29 is 24.2 Å². The number of alkyl carbamates (subject to hydrolysis) is 1. The lowest BCUT2D eigenvalue weighted by Crippen LogP contribution is -2.36. The van der Waals surface area contributed by atoms with Crippen molar-refractivity contribution in [3.63, 3.8) is 0 Å². The number of ether oxygens (including phenoxy) is 1. The van der Waals surface area contributed by atoms with Crippen LogP contribution in [0.4, 0.5) is 10.5 Å². The summed E-state index contributed by atoms with van der Waals surface area (Å²) >= 11 is 6.10. The molecule has 0 aliphatic heterocycles. The molecule has 1 aliphatic rings. The van der Waals surface area contributed by atoms with E-state index >= 15 is 0 Å². The number of carboxylic acid groups (broad SMARTS) is 1. The van der Waals surface area contributed by atoms with Crippen LogP contribution in [0.15, 0.2) is 66.7 Å². The van der Waals surface area contributed by atoms with E-state index < -0.39 is 18.0 Å². The highest BCUT2D eigenvalue weighted by Gasteiger charge is 2.29. The Labute approximate surface area is 208 Å². The van der Waals surface area contributed by atoms with Crippen molar-refractivity contribution >= 4 is 35.3 Å². The topological polar surface area (TPSA) is 105 Å². The molecule has 0 heterocycles. The third kappa shape index (κ3) is 5.30. The van der Waals surface area contributed by atoms with Crippen molar-refractivity contribution in [1.82, 2.24) is 5.32 Å². The summed E-state index contributed by atoms with van der Waals surface area (Å²) in [4.78, 5) is 36.4. The first kappa shape index (κ1) is 24.3. The molecule has 3 aromatic rings. The highest BCUT2D eigenvalue weighted by molar-refractivity contribution is 6.33. The number of benzene rings is 3. The average Bonchev–Trinajstić information content (AvgIpc) is 3.18. The summed E-state index contributed by atoms with van der Waals surface area (Å²) in [6.07, 6.45) is -0.157. The number of aromatic carboxylic acids is 1. The van der Waals surface area contributed by atoms with Crippen molar-refractivity contribution in [2.75, 3.05) is 18.5 Å². The smallest absolute Gasteiger partial charge is 0.407 e. The normalized spacial score (nSPS) is 12.9. The van der Waals surface area contributed by atoms with Crippen LogP contribution in [0.25, 0.3) is 11.1 Å². The Balaban J connectivity index is 1.34. The van der Waals surface area contributed by atoms with E-state index in [2.05, 4.69) is 22.8 Å². The van der Waals surface area contributed by atoms with E-state index in [1.165, 1.54) is 18.2 Å². The van der Waals surface area contributed by atoms with Gasteiger partial charge in [-0.1, -0.05) is 67.1 Å². The molecule has 0 spiro atoms. The summed E-state index contributed by atoms with van der Waals surface area (Å²) < 4.78 is 5.53. The number of halogens is 1. The number of carbonyl (C=O) groups excluding carboxylic acids is 2. The first-order valence-corrected chi connectivity index (χ1v) is 11.7. The van der Waals surface area contributed by atoms with Gasteiger partial charge in [0.1, 0.15) is 6.61 Å². The number of carbonyl (C=O) groups is 3. The highest BCUT2D eigenvalue weighted by atomic mass is 35.5. The lowest BCUT2D eigenvalue weighted by Gasteiger charge is -2.18. The molecule has 1 aliphatic carbocycles. The van der Waals surface area contributed by atoms with Gasteiger partial charge in [0.25, 0.3) is 0 Å². The van der Waals surface area contributed by atoms with Gasteiger partial charge >= 0.3 is 12.1 Å². The SMILES string of the molecule is CCC(CNC(=O)OCC1c2ccccc2-c2ccccc21)C(=O)Nc1cc(C(=O)O)ccc1Cl. The number of hydrogen-bond acceptors (Lipinski definition) is 4. The van der Waals surface area contributed by atoms with Gasteiger partial charge in [-0.3, -0.25) is 4.79 Å². The molecule has 1 atom stereocenters. The quantitative estimate of drug-likeness (QED) is 0.383. The maximum atomic E-state index is 12.7. The molecule has 7 nitrogen and oxygen atoms in total. The zero-order valence-electron chi connectivity index (χ0n) is 19.1. The number of carboxylic acids is 1. The van der Waals surface area contributed by atoms with Crippen molar-refractivity contribution in [1.29, 1.82) is 0 Å². The van der Waals surface area contributed by atoms with Gasteiger partial charge in [0, 0.05) is 12.5 Å². The van der Waals surface area contributed by atoms with Gasteiger partial charge in [-0.15, -0.1) is 0 Å². The zero-order valence-corrected chi connectivity index (χ0v) is 19.8. The standard InChI is InChI=1S/C27H25ClN2O5/c1-2-16(25(31)30-24-13-17(26(32)33)11-12-23(24)28)14-29-27(34)35-15-22-20-9-5-3-7-18(20)19-8-4-6-10-21(19)22/h3-13,16,22H,2,14-15H2,1H3,(H,29,34)(H,30,31)(H,32,33). The number of amides is 2. The Morgan fingerprint density at radius 1 is 1.00 bits per heavy atom. The minimum atomic E-state index is -1.12. The Kier molecular flexibility index (Phi) is 7.36. The van der Waals surface area contributed by atoms with E-state index in [4.69, 9.17) is 21.4 Å². The summed E-state index contributed by atoms with van der Waals surface area (Å²) in [5, 5.41) is 14.7. The molecule has 0 saturated heterocycles. The summed E-state index contributed by atoms with van der Waals surface area (Å²) in [5.74, 6) is -2.11. The van der Waals surface area contributed by atoms with Crippen molar-refractivity contribution in [2.45, 2.75) is 19.3 Å². The van der Waals surface area contributed by atoms with Gasteiger partial charge in [-0.25, -0.2) is 9.59 Å². The Morgan fingerprint density at radius 3 is 2.23 bits per heavy atom. The molecule has 3 N–H and O–H groups in total. The maximum Gasteiger partial charge on any atom is 0.407 e. The first-order valence-electron chi connectivity index (χ1n) is 11.3. The largest absolute Gasteiger partial charge is 0.478 e. The van der Waals surface area contributed by atoms with Gasteiger partial charge < -0.3 is 20.5 Å². The molecule has 2 amide bonds. The van der Waals surface area contributed by atoms with Crippen molar-refractivity contribution in [3.05, 3.63) is 88.4 Å². The van der Waals surface area contributed by atoms with E-state index in [1.807, 2.05) is 43.3 Å². The van der Waals surface area contributed by atoms with Gasteiger partial charge in [0.2, 0.25) is 5.91 Å². The molecule has 0 fully saturated rings. The van der Waals surface area contributed by atoms with Crippen LogP contribution in [0, 0.1) is 5.92 Å². The minimum Gasteiger partial charge on any atom is -0.478 e. The number of nitrogens with one attached hydrogen (secondary N) is 2. The van der Waals surface area contributed by atoms with Crippen LogP contribution in [0.1, 0.15) is 40.7 Å². The van der Waals surface area contributed by atoms with E-state index in [-0.39, 0.29) is 41.3 Å². The van der Waals surface area contributed by atoms with Crippen LogP contribution in [0.2, 0.25) is 5.02 Å². The molecule has 0 aromatic heterocycles. The summed E-state index contributed by atoms with van der Waals surface area (Å²) in [5.41, 5.74) is 4.74. The van der Waals surface area contributed by atoms with Crippen LogP contribution < -0.4 is 10.6 Å². The number of rotatable bonds is 8. The van der Waals surface area contributed by atoms with Gasteiger partial charge in [0.15, 0.2) is 0 Å². The van der Waals surface area contributed by atoms with Crippen LogP contribution in [-0.4, -0.2) is 36.2 Å². The molecule has 3 aromatic carbocycles. The Bertz CT molecular complexity index is 1230. The monoisotopic (exact) mass is 492 g/mol. The van der Waals surface area contributed by atoms with E-state index in [9.17, 15) is 14.4 Å². The fourth-order valence-corrected chi connectivity index (χ4v) is 4.43.